The minimum atomic E-state index is -0.302. The molecular formula is C24H22ClN5O2S. The summed E-state index contributed by atoms with van der Waals surface area (Å²) in [4.78, 5) is 20.4. The number of aliphatic imine (C=N–C) groups is 1. The molecule has 0 radical (unpaired) electrons. The number of hydrogen-bond donors (Lipinski definition) is 0. The summed E-state index contributed by atoms with van der Waals surface area (Å²) in [5.41, 5.74) is 4.04. The number of fused-ring (bicyclic) bond motifs is 5. The third-order valence-electron chi connectivity index (χ3n) is 5.77. The van der Waals surface area contributed by atoms with Gasteiger partial charge in [-0.2, -0.15) is 0 Å². The normalized spacial score (nSPS) is 14.3. The van der Waals surface area contributed by atoms with Gasteiger partial charge in [0.2, 0.25) is 0 Å². The summed E-state index contributed by atoms with van der Waals surface area (Å²) in [7, 11) is 0. The number of carbonyl (C=O) groups excluding carboxylic acids is 1. The number of aromatic nitrogens is 3. The SMILES string of the molecule is CC#CCCOC(=O)N1CCc2c(sc3c2C(c2ccccc2Cl)=NCc2nnc(C)n2-3)C1. The van der Waals surface area contributed by atoms with Crippen molar-refractivity contribution in [3.63, 3.8) is 0 Å². The fourth-order valence-electron chi connectivity index (χ4n) is 4.23. The zero-order chi connectivity index (χ0) is 22.9. The Labute approximate surface area is 201 Å². The third kappa shape index (κ3) is 3.92. The molecule has 0 atom stereocenters. The molecule has 0 bridgehead atoms. The molecule has 0 aliphatic carbocycles. The van der Waals surface area contributed by atoms with Gasteiger partial charge in [0.15, 0.2) is 5.82 Å². The highest BCUT2D eigenvalue weighted by atomic mass is 35.5. The van der Waals surface area contributed by atoms with E-state index >= 15 is 0 Å². The van der Waals surface area contributed by atoms with Gasteiger partial charge in [0, 0.05) is 34.0 Å². The van der Waals surface area contributed by atoms with E-state index < -0.39 is 0 Å². The molecule has 4 heterocycles. The minimum Gasteiger partial charge on any atom is -0.448 e. The number of rotatable bonds is 3. The maximum atomic E-state index is 12.6. The molecule has 2 aliphatic heterocycles. The molecule has 1 amide bonds. The molecule has 168 valence electrons. The van der Waals surface area contributed by atoms with E-state index in [9.17, 15) is 4.79 Å². The van der Waals surface area contributed by atoms with Gasteiger partial charge in [-0.1, -0.05) is 29.8 Å². The molecule has 0 saturated carbocycles. The fourth-order valence-corrected chi connectivity index (χ4v) is 5.88. The Morgan fingerprint density at radius 3 is 2.97 bits per heavy atom. The van der Waals surface area contributed by atoms with E-state index in [1.54, 1.807) is 23.2 Å². The van der Waals surface area contributed by atoms with E-state index in [0.29, 0.717) is 44.1 Å². The lowest BCUT2D eigenvalue weighted by atomic mass is 9.95. The molecule has 0 spiro atoms. The second-order valence-corrected chi connectivity index (χ2v) is 9.28. The molecular weight excluding hydrogens is 458 g/mol. The quantitative estimate of drug-likeness (QED) is 0.408. The van der Waals surface area contributed by atoms with E-state index in [-0.39, 0.29) is 6.09 Å². The van der Waals surface area contributed by atoms with Gasteiger partial charge in [-0.25, -0.2) is 4.79 Å². The highest BCUT2D eigenvalue weighted by Crippen LogP contribution is 2.40. The van der Waals surface area contributed by atoms with Crippen LogP contribution in [0, 0.1) is 18.8 Å². The van der Waals surface area contributed by atoms with Crippen molar-refractivity contribution < 1.29 is 9.53 Å². The van der Waals surface area contributed by atoms with Crippen LogP contribution in [0.3, 0.4) is 0 Å². The minimum absolute atomic E-state index is 0.302. The van der Waals surface area contributed by atoms with Crippen LogP contribution in [0.1, 0.15) is 46.6 Å². The number of thiophene rings is 1. The second-order valence-electron chi connectivity index (χ2n) is 7.79. The van der Waals surface area contributed by atoms with Crippen molar-refractivity contribution in [3.05, 3.63) is 62.5 Å². The summed E-state index contributed by atoms with van der Waals surface area (Å²) < 4.78 is 7.49. The number of amides is 1. The molecule has 0 unspecified atom stereocenters. The van der Waals surface area contributed by atoms with Crippen molar-refractivity contribution in [1.29, 1.82) is 0 Å². The average molecular weight is 480 g/mol. The van der Waals surface area contributed by atoms with Crippen LogP contribution in [0.25, 0.3) is 5.00 Å². The molecule has 0 saturated heterocycles. The van der Waals surface area contributed by atoms with Crippen LogP contribution in [0.5, 0.6) is 0 Å². The fraction of sp³-hybridized carbons (Fsp3) is 0.333. The molecule has 1 aromatic carbocycles. The van der Waals surface area contributed by atoms with E-state index in [0.717, 1.165) is 38.4 Å². The molecule has 3 aromatic rings. The Morgan fingerprint density at radius 1 is 1.30 bits per heavy atom. The van der Waals surface area contributed by atoms with Gasteiger partial charge in [0.05, 0.1) is 12.3 Å². The first-order valence-electron chi connectivity index (χ1n) is 10.7. The van der Waals surface area contributed by atoms with E-state index in [1.165, 1.54) is 5.56 Å². The Kier molecular flexibility index (Phi) is 5.92. The summed E-state index contributed by atoms with van der Waals surface area (Å²) >= 11 is 8.25. The smallest absolute Gasteiger partial charge is 0.410 e. The van der Waals surface area contributed by atoms with Gasteiger partial charge in [-0.15, -0.1) is 33.4 Å². The summed E-state index contributed by atoms with van der Waals surface area (Å²) in [6.07, 6.45) is 0.954. The number of nitrogens with zero attached hydrogens (tertiary/aromatic N) is 5. The van der Waals surface area contributed by atoms with Crippen LogP contribution in [0.15, 0.2) is 29.3 Å². The monoisotopic (exact) mass is 479 g/mol. The molecule has 2 aliphatic rings. The topological polar surface area (TPSA) is 72.6 Å². The second kappa shape index (κ2) is 9.00. The Morgan fingerprint density at radius 2 is 2.15 bits per heavy atom. The number of aryl methyl sites for hydroxylation is 1. The van der Waals surface area contributed by atoms with Gasteiger partial charge >= 0.3 is 6.09 Å². The molecule has 0 N–H and O–H groups in total. The number of benzene rings is 1. The van der Waals surface area contributed by atoms with E-state index in [2.05, 4.69) is 26.6 Å². The van der Waals surface area contributed by atoms with Crippen LogP contribution >= 0.6 is 22.9 Å². The molecule has 9 heteroatoms. The number of carbonyl (C=O) groups is 1. The van der Waals surface area contributed by atoms with Gasteiger partial charge in [-0.05, 0) is 31.9 Å². The lowest BCUT2D eigenvalue weighted by Crippen LogP contribution is -2.36. The molecule has 7 nitrogen and oxygen atoms in total. The summed E-state index contributed by atoms with van der Waals surface area (Å²) in [6, 6.07) is 7.77. The predicted octanol–water partition coefficient (Wildman–Crippen LogP) is 4.55. The maximum Gasteiger partial charge on any atom is 0.410 e. The van der Waals surface area contributed by atoms with Gasteiger partial charge in [-0.3, -0.25) is 9.56 Å². The maximum absolute atomic E-state index is 12.6. The van der Waals surface area contributed by atoms with Crippen LogP contribution in [-0.4, -0.2) is 44.6 Å². The Hall–Kier alpha value is -3.15. The van der Waals surface area contributed by atoms with Crippen molar-refractivity contribution in [2.45, 2.75) is 39.8 Å². The zero-order valence-corrected chi connectivity index (χ0v) is 20.0. The van der Waals surface area contributed by atoms with Crippen LogP contribution in [-0.2, 0) is 24.2 Å². The number of hydrogen-bond acceptors (Lipinski definition) is 6. The van der Waals surface area contributed by atoms with Crippen molar-refractivity contribution in [3.8, 4) is 16.8 Å². The number of ether oxygens (including phenoxy) is 1. The lowest BCUT2D eigenvalue weighted by Gasteiger charge is -2.26. The molecule has 33 heavy (non-hydrogen) atoms. The van der Waals surface area contributed by atoms with Crippen molar-refractivity contribution >= 4 is 34.7 Å². The zero-order valence-electron chi connectivity index (χ0n) is 18.4. The highest BCUT2D eigenvalue weighted by Gasteiger charge is 2.33. The first-order chi connectivity index (χ1) is 16.1. The number of halogens is 1. The van der Waals surface area contributed by atoms with Gasteiger partial charge < -0.3 is 9.64 Å². The van der Waals surface area contributed by atoms with Crippen molar-refractivity contribution in [2.75, 3.05) is 13.2 Å². The third-order valence-corrected chi connectivity index (χ3v) is 7.30. The van der Waals surface area contributed by atoms with Crippen molar-refractivity contribution in [1.82, 2.24) is 19.7 Å². The summed E-state index contributed by atoms with van der Waals surface area (Å²) in [6.45, 7) is 5.53. The molecule has 2 aromatic heterocycles. The average Bonchev–Trinajstić information content (AvgIpc) is 3.32. The Bertz CT molecular complexity index is 1330. The van der Waals surface area contributed by atoms with Crippen molar-refractivity contribution in [2.24, 2.45) is 4.99 Å². The summed E-state index contributed by atoms with van der Waals surface area (Å²) in [5.74, 6) is 7.34. The highest BCUT2D eigenvalue weighted by molar-refractivity contribution is 7.15. The molecule has 5 rings (SSSR count). The van der Waals surface area contributed by atoms with Crippen LogP contribution in [0.4, 0.5) is 4.79 Å². The van der Waals surface area contributed by atoms with Crippen LogP contribution in [0.2, 0.25) is 5.02 Å². The Balaban J connectivity index is 1.55. The van der Waals surface area contributed by atoms with Gasteiger partial charge in [0.1, 0.15) is 24.0 Å². The standard InChI is InChI=1S/C24H22ClN5O2S/c1-3-4-7-12-32-24(31)29-11-10-17-19(14-29)33-23-21(17)22(16-8-5-6-9-18(16)25)26-13-20-28-27-15(2)30(20)23/h5-6,8-9H,7,10-14H2,1-2H3. The van der Waals surface area contributed by atoms with E-state index in [4.69, 9.17) is 21.3 Å². The van der Waals surface area contributed by atoms with Crippen LogP contribution < -0.4 is 0 Å². The first kappa shape index (κ1) is 21.7. The summed E-state index contributed by atoms with van der Waals surface area (Å²) in [5, 5.41) is 10.3. The molecule has 0 fully saturated rings. The largest absolute Gasteiger partial charge is 0.448 e. The van der Waals surface area contributed by atoms with Gasteiger partial charge in [0.25, 0.3) is 0 Å². The predicted molar refractivity (Wildman–Crippen MR) is 128 cm³/mol. The first-order valence-corrected chi connectivity index (χ1v) is 11.9. The van der Waals surface area contributed by atoms with E-state index in [1.807, 2.05) is 31.2 Å². The lowest BCUT2D eigenvalue weighted by molar-refractivity contribution is 0.100.